The summed E-state index contributed by atoms with van der Waals surface area (Å²) in [6.45, 7) is 0. The average molecular weight is 290 g/mol. The summed E-state index contributed by atoms with van der Waals surface area (Å²) >= 11 is 11.8. The number of hydrogen-bond acceptors (Lipinski definition) is 4. The Kier molecular flexibility index (Phi) is 5.74. The van der Waals surface area contributed by atoms with Gasteiger partial charge in [-0.3, -0.25) is 0 Å². The second-order valence-electron chi connectivity index (χ2n) is 3.44. The van der Waals surface area contributed by atoms with Gasteiger partial charge in [-0.1, -0.05) is 39.6 Å². The van der Waals surface area contributed by atoms with Crippen molar-refractivity contribution in [3.8, 4) is 0 Å². The molecule has 0 aliphatic carbocycles. The highest BCUT2D eigenvalue weighted by atomic mass is 35.5. The predicted molar refractivity (Wildman–Crippen MR) is 72.7 cm³/mol. The van der Waals surface area contributed by atoms with Crippen LogP contribution in [-0.4, -0.2) is 23.9 Å². The third kappa shape index (κ3) is 4.09. The highest BCUT2D eigenvalue weighted by Crippen LogP contribution is 2.23. The number of halogens is 2. The Morgan fingerprint density at radius 2 is 2.06 bits per heavy atom. The van der Waals surface area contributed by atoms with Gasteiger partial charge in [0.05, 0.1) is 15.8 Å². The van der Waals surface area contributed by atoms with Crippen molar-refractivity contribution in [3.05, 3.63) is 33.8 Å². The SMILES string of the molecule is CO/N=C(\CC/C(N)=N/O)c1ccc(Cl)c(Cl)c1. The summed E-state index contributed by atoms with van der Waals surface area (Å²) in [7, 11) is 1.45. The Morgan fingerprint density at radius 1 is 1.33 bits per heavy atom. The first-order valence-electron chi connectivity index (χ1n) is 5.10. The average Bonchev–Trinajstić information content (AvgIpc) is 2.37. The van der Waals surface area contributed by atoms with E-state index < -0.39 is 0 Å². The summed E-state index contributed by atoms with van der Waals surface area (Å²) in [5.74, 6) is 0.124. The summed E-state index contributed by atoms with van der Waals surface area (Å²) in [5.41, 5.74) is 6.82. The molecule has 18 heavy (non-hydrogen) atoms. The first-order chi connectivity index (χ1) is 8.58. The molecule has 0 saturated heterocycles. The fourth-order valence-corrected chi connectivity index (χ4v) is 1.62. The zero-order valence-electron chi connectivity index (χ0n) is 9.73. The van der Waals surface area contributed by atoms with Crippen LogP contribution >= 0.6 is 23.2 Å². The van der Waals surface area contributed by atoms with Crippen molar-refractivity contribution in [3.63, 3.8) is 0 Å². The van der Waals surface area contributed by atoms with Crippen LogP contribution in [0.2, 0.25) is 10.0 Å². The van der Waals surface area contributed by atoms with Crippen molar-refractivity contribution < 1.29 is 10.0 Å². The molecule has 0 bridgehead atoms. The van der Waals surface area contributed by atoms with E-state index >= 15 is 0 Å². The molecular weight excluding hydrogens is 277 g/mol. The maximum absolute atomic E-state index is 8.48. The predicted octanol–water partition coefficient (Wildman–Crippen LogP) is 2.87. The Morgan fingerprint density at radius 3 is 2.61 bits per heavy atom. The van der Waals surface area contributed by atoms with Crippen molar-refractivity contribution in [1.82, 2.24) is 0 Å². The van der Waals surface area contributed by atoms with Crippen molar-refractivity contribution in [1.29, 1.82) is 0 Å². The van der Waals surface area contributed by atoms with Gasteiger partial charge in [-0.15, -0.1) is 0 Å². The Bertz CT molecular complexity index is 475. The number of nitrogens with two attached hydrogens (primary N) is 1. The fourth-order valence-electron chi connectivity index (χ4n) is 1.32. The van der Waals surface area contributed by atoms with Gasteiger partial charge >= 0.3 is 0 Å². The summed E-state index contributed by atoms with van der Waals surface area (Å²) < 4.78 is 0. The standard InChI is InChI=1S/C11H13Cl2N3O2/c1-18-16-10(4-5-11(14)15-17)7-2-3-8(12)9(13)6-7/h2-3,6,17H,4-5H2,1H3,(H2,14,15)/b16-10+. The number of oxime groups is 2. The Labute approximate surface area is 115 Å². The minimum absolute atomic E-state index is 0.124. The third-order valence-electron chi connectivity index (χ3n) is 2.20. The van der Waals surface area contributed by atoms with Crippen LogP contribution in [0.15, 0.2) is 28.5 Å². The molecule has 1 aromatic carbocycles. The number of rotatable bonds is 5. The van der Waals surface area contributed by atoms with Gasteiger partial charge in [-0.2, -0.15) is 0 Å². The molecule has 0 fully saturated rings. The lowest BCUT2D eigenvalue weighted by Crippen LogP contribution is -2.14. The molecule has 0 amide bonds. The topological polar surface area (TPSA) is 80.2 Å². The molecule has 0 spiro atoms. The molecule has 0 heterocycles. The first kappa shape index (κ1) is 14.6. The van der Waals surface area contributed by atoms with Crippen LogP contribution in [0.5, 0.6) is 0 Å². The lowest BCUT2D eigenvalue weighted by Gasteiger charge is -2.06. The van der Waals surface area contributed by atoms with Gasteiger partial charge in [-0.25, -0.2) is 0 Å². The number of benzene rings is 1. The summed E-state index contributed by atoms with van der Waals surface area (Å²) in [5, 5.41) is 16.2. The highest BCUT2D eigenvalue weighted by Gasteiger charge is 2.08. The van der Waals surface area contributed by atoms with E-state index in [-0.39, 0.29) is 5.84 Å². The van der Waals surface area contributed by atoms with Crippen LogP contribution in [0.25, 0.3) is 0 Å². The largest absolute Gasteiger partial charge is 0.409 e. The van der Waals surface area contributed by atoms with Crippen molar-refractivity contribution in [2.45, 2.75) is 12.8 Å². The normalized spacial score (nSPS) is 12.6. The maximum Gasteiger partial charge on any atom is 0.139 e. The van der Waals surface area contributed by atoms with Gasteiger partial charge in [0.15, 0.2) is 0 Å². The zero-order chi connectivity index (χ0) is 13.5. The van der Waals surface area contributed by atoms with E-state index in [4.69, 9.17) is 39.0 Å². The minimum Gasteiger partial charge on any atom is -0.409 e. The third-order valence-corrected chi connectivity index (χ3v) is 2.94. The molecule has 0 unspecified atom stereocenters. The van der Waals surface area contributed by atoms with E-state index in [9.17, 15) is 0 Å². The van der Waals surface area contributed by atoms with Gasteiger partial charge < -0.3 is 15.8 Å². The number of amidine groups is 1. The van der Waals surface area contributed by atoms with Crippen LogP contribution < -0.4 is 5.73 Å². The molecule has 0 aromatic heterocycles. The van der Waals surface area contributed by atoms with Gasteiger partial charge in [0.25, 0.3) is 0 Å². The van der Waals surface area contributed by atoms with Gasteiger partial charge in [0, 0.05) is 18.4 Å². The zero-order valence-corrected chi connectivity index (χ0v) is 11.2. The van der Waals surface area contributed by atoms with Crippen LogP contribution in [0.4, 0.5) is 0 Å². The number of hydrogen-bond donors (Lipinski definition) is 2. The van der Waals surface area contributed by atoms with Gasteiger partial charge in [0.1, 0.15) is 12.9 Å². The maximum atomic E-state index is 8.48. The van der Waals surface area contributed by atoms with Crippen LogP contribution in [0.3, 0.4) is 0 Å². The first-order valence-corrected chi connectivity index (χ1v) is 5.86. The molecule has 0 atom stereocenters. The summed E-state index contributed by atoms with van der Waals surface area (Å²) in [6, 6.07) is 5.14. The molecule has 1 aromatic rings. The van der Waals surface area contributed by atoms with Crippen molar-refractivity contribution >= 4 is 34.7 Å². The highest BCUT2D eigenvalue weighted by molar-refractivity contribution is 6.42. The Balaban J connectivity index is 2.91. The van der Waals surface area contributed by atoms with E-state index in [1.807, 2.05) is 0 Å². The summed E-state index contributed by atoms with van der Waals surface area (Å²) in [6.07, 6.45) is 0.820. The smallest absolute Gasteiger partial charge is 0.139 e. The van der Waals surface area contributed by atoms with E-state index in [0.29, 0.717) is 28.6 Å². The van der Waals surface area contributed by atoms with Crippen LogP contribution in [-0.2, 0) is 4.84 Å². The molecule has 0 aliphatic heterocycles. The quantitative estimate of drug-likeness (QED) is 0.379. The van der Waals surface area contributed by atoms with Gasteiger partial charge in [0.2, 0.25) is 0 Å². The molecule has 3 N–H and O–H groups in total. The van der Waals surface area contributed by atoms with Crippen LogP contribution in [0.1, 0.15) is 18.4 Å². The molecule has 0 radical (unpaired) electrons. The van der Waals surface area contributed by atoms with E-state index in [1.54, 1.807) is 18.2 Å². The van der Waals surface area contributed by atoms with Crippen molar-refractivity contribution in [2.75, 3.05) is 7.11 Å². The Hall–Kier alpha value is -1.46. The lowest BCUT2D eigenvalue weighted by atomic mass is 10.1. The second kappa shape index (κ2) is 7.08. The molecule has 0 saturated carbocycles. The van der Waals surface area contributed by atoms with E-state index in [2.05, 4.69) is 10.3 Å². The summed E-state index contributed by atoms with van der Waals surface area (Å²) in [4.78, 5) is 4.76. The minimum atomic E-state index is 0.124. The molecule has 1 rings (SSSR count). The van der Waals surface area contributed by atoms with E-state index in [1.165, 1.54) is 7.11 Å². The van der Waals surface area contributed by atoms with E-state index in [0.717, 1.165) is 5.56 Å². The molecular formula is C11H13Cl2N3O2. The molecule has 0 aliphatic rings. The van der Waals surface area contributed by atoms with Crippen LogP contribution in [0, 0.1) is 0 Å². The number of nitrogens with zero attached hydrogens (tertiary/aromatic N) is 2. The van der Waals surface area contributed by atoms with Crippen molar-refractivity contribution in [2.24, 2.45) is 16.0 Å². The monoisotopic (exact) mass is 289 g/mol. The second-order valence-corrected chi connectivity index (χ2v) is 4.26. The molecule has 98 valence electrons. The fraction of sp³-hybridized carbons (Fsp3) is 0.273. The molecule has 5 nitrogen and oxygen atoms in total. The lowest BCUT2D eigenvalue weighted by molar-refractivity contribution is 0.213. The molecule has 7 heteroatoms. The van der Waals surface area contributed by atoms with Gasteiger partial charge in [-0.05, 0) is 12.1 Å².